The molecular weight excluding hydrogens is 318 g/mol. The molecule has 1 heterocycles. The lowest BCUT2D eigenvalue weighted by Gasteiger charge is -2.21. The Morgan fingerprint density at radius 1 is 1.20 bits per heavy atom. The quantitative estimate of drug-likeness (QED) is 0.846. The molecule has 1 fully saturated rings. The van der Waals surface area contributed by atoms with E-state index in [-0.39, 0.29) is 12.5 Å². The summed E-state index contributed by atoms with van der Waals surface area (Å²) in [7, 11) is 0. The van der Waals surface area contributed by atoms with Gasteiger partial charge >= 0.3 is 5.97 Å². The first-order chi connectivity index (χ1) is 12.1. The van der Waals surface area contributed by atoms with Gasteiger partial charge in [-0.25, -0.2) is 0 Å². The van der Waals surface area contributed by atoms with E-state index in [9.17, 15) is 14.7 Å². The third kappa shape index (κ3) is 4.26. The minimum absolute atomic E-state index is 0.0484. The lowest BCUT2D eigenvalue weighted by atomic mass is 9.96. The van der Waals surface area contributed by atoms with Gasteiger partial charge in [0, 0.05) is 12.7 Å². The van der Waals surface area contributed by atoms with Crippen molar-refractivity contribution in [3.8, 4) is 0 Å². The number of aliphatic carboxylic acids is 1. The molecular formula is C19H23N3O3. The number of carbonyl (C=O) groups excluding carboxylic acids is 1. The third-order valence-electron chi connectivity index (χ3n) is 4.78. The molecule has 1 unspecified atom stereocenters. The molecule has 1 aromatic heterocycles. The maximum absolute atomic E-state index is 12.3. The lowest BCUT2D eigenvalue weighted by molar-refractivity contribution is -0.138. The van der Waals surface area contributed by atoms with Crippen LogP contribution in [0.5, 0.6) is 0 Å². The van der Waals surface area contributed by atoms with Gasteiger partial charge in [0.1, 0.15) is 0 Å². The zero-order valence-corrected chi connectivity index (χ0v) is 14.1. The highest BCUT2D eigenvalue weighted by atomic mass is 16.4. The summed E-state index contributed by atoms with van der Waals surface area (Å²) >= 11 is 0. The zero-order chi connectivity index (χ0) is 17.6. The number of carboxylic acids is 1. The van der Waals surface area contributed by atoms with Crippen molar-refractivity contribution in [1.82, 2.24) is 15.1 Å². The van der Waals surface area contributed by atoms with Crippen molar-refractivity contribution in [1.29, 1.82) is 0 Å². The van der Waals surface area contributed by atoms with E-state index >= 15 is 0 Å². The molecule has 132 valence electrons. The lowest BCUT2D eigenvalue weighted by Crippen LogP contribution is -2.31. The van der Waals surface area contributed by atoms with Crippen molar-refractivity contribution < 1.29 is 14.7 Å². The number of nitrogens with one attached hydrogen (secondary N) is 1. The maximum Gasteiger partial charge on any atom is 0.312 e. The molecule has 1 aromatic carbocycles. The molecule has 0 aliphatic heterocycles. The van der Waals surface area contributed by atoms with Gasteiger partial charge < -0.3 is 10.4 Å². The minimum Gasteiger partial charge on any atom is -0.481 e. The van der Waals surface area contributed by atoms with Gasteiger partial charge in [-0.3, -0.25) is 14.3 Å². The van der Waals surface area contributed by atoms with Crippen molar-refractivity contribution in [3.63, 3.8) is 0 Å². The highest BCUT2D eigenvalue weighted by molar-refractivity contribution is 5.94. The number of carbonyl (C=O) groups is 2. The van der Waals surface area contributed by atoms with E-state index in [0.29, 0.717) is 17.2 Å². The molecule has 25 heavy (non-hydrogen) atoms. The summed E-state index contributed by atoms with van der Waals surface area (Å²) in [4.78, 5) is 23.8. The predicted octanol–water partition coefficient (Wildman–Crippen LogP) is 2.99. The van der Waals surface area contributed by atoms with Crippen LogP contribution in [0.2, 0.25) is 0 Å². The average molecular weight is 341 g/mol. The fraction of sp³-hybridized carbons (Fsp3) is 0.421. The first-order valence-corrected chi connectivity index (χ1v) is 8.75. The van der Waals surface area contributed by atoms with E-state index in [1.165, 1.54) is 19.3 Å². The number of carboxylic acid groups (broad SMARTS) is 1. The van der Waals surface area contributed by atoms with Crippen molar-refractivity contribution in [3.05, 3.63) is 53.9 Å². The molecule has 6 heteroatoms. The van der Waals surface area contributed by atoms with Gasteiger partial charge in [0.05, 0.1) is 23.7 Å². The van der Waals surface area contributed by atoms with E-state index in [2.05, 4.69) is 10.4 Å². The highest BCUT2D eigenvalue weighted by Crippen LogP contribution is 2.27. The van der Waals surface area contributed by atoms with E-state index in [1.807, 2.05) is 10.7 Å². The largest absolute Gasteiger partial charge is 0.481 e. The number of hydrogen-bond donors (Lipinski definition) is 2. The number of hydrogen-bond acceptors (Lipinski definition) is 3. The average Bonchev–Trinajstić information content (AvgIpc) is 3.13. The van der Waals surface area contributed by atoms with Crippen molar-refractivity contribution in [2.24, 2.45) is 0 Å². The molecule has 1 saturated carbocycles. The summed E-state index contributed by atoms with van der Waals surface area (Å²) in [6.07, 6.45) is 9.18. The molecule has 1 amide bonds. The van der Waals surface area contributed by atoms with Crippen LogP contribution in [0.3, 0.4) is 0 Å². The Bertz CT molecular complexity index is 721. The summed E-state index contributed by atoms with van der Waals surface area (Å²) in [5.74, 6) is -2.01. The van der Waals surface area contributed by atoms with Crippen molar-refractivity contribution in [2.75, 3.05) is 6.54 Å². The van der Waals surface area contributed by atoms with Crippen LogP contribution < -0.4 is 5.32 Å². The summed E-state index contributed by atoms with van der Waals surface area (Å²) in [6, 6.07) is 9.30. The maximum atomic E-state index is 12.3. The second-order valence-electron chi connectivity index (χ2n) is 6.51. The van der Waals surface area contributed by atoms with E-state index in [0.717, 1.165) is 12.8 Å². The first-order valence-electron chi connectivity index (χ1n) is 8.75. The number of nitrogens with zero attached hydrogens (tertiary/aromatic N) is 2. The van der Waals surface area contributed by atoms with Crippen molar-refractivity contribution in [2.45, 2.75) is 44.1 Å². The van der Waals surface area contributed by atoms with Gasteiger partial charge in [0.25, 0.3) is 5.91 Å². The first kappa shape index (κ1) is 17.2. The van der Waals surface area contributed by atoms with Crippen LogP contribution in [-0.2, 0) is 4.79 Å². The molecule has 2 N–H and O–H groups in total. The molecule has 6 nitrogen and oxygen atoms in total. The third-order valence-corrected chi connectivity index (χ3v) is 4.78. The Kier molecular flexibility index (Phi) is 5.48. The van der Waals surface area contributed by atoms with Gasteiger partial charge in [-0.2, -0.15) is 5.10 Å². The molecule has 2 aromatic rings. The van der Waals surface area contributed by atoms with Crippen molar-refractivity contribution >= 4 is 11.9 Å². The summed E-state index contributed by atoms with van der Waals surface area (Å²) in [5, 5.41) is 16.5. The van der Waals surface area contributed by atoms with E-state index in [1.54, 1.807) is 36.7 Å². The van der Waals surface area contributed by atoms with Crippen LogP contribution in [0.15, 0.2) is 42.7 Å². The Hall–Kier alpha value is -2.63. The fourth-order valence-electron chi connectivity index (χ4n) is 3.33. The number of rotatable bonds is 6. The molecule has 0 radical (unpaired) electrons. The molecule has 1 aliphatic rings. The van der Waals surface area contributed by atoms with Crippen LogP contribution in [-0.4, -0.2) is 33.3 Å². The highest BCUT2D eigenvalue weighted by Gasteiger charge is 2.22. The summed E-state index contributed by atoms with van der Waals surface area (Å²) in [6.45, 7) is 0.0484. The van der Waals surface area contributed by atoms with Crippen LogP contribution in [0, 0.1) is 0 Å². The molecule has 1 atom stereocenters. The fourth-order valence-corrected chi connectivity index (χ4v) is 3.33. The summed E-state index contributed by atoms with van der Waals surface area (Å²) in [5.41, 5.74) is 1.15. The van der Waals surface area contributed by atoms with Crippen LogP contribution in [0.25, 0.3) is 0 Å². The number of aromatic nitrogens is 2. The molecule has 0 bridgehead atoms. The Labute approximate surface area is 146 Å². The van der Waals surface area contributed by atoms with Gasteiger partial charge in [0.2, 0.25) is 0 Å². The van der Waals surface area contributed by atoms with E-state index in [4.69, 9.17) is 0 Å². The van der Waals surface area contributed by atoms with Gasteiger partial charge in [-0.1, -0.05) is 49.6 Å². The van der Waals surface area contributed by atoms with E-state index < -0.39 is 11.9 Å². The SMILES string of the molecule is O=C(NCC(C(=O)O)c1ccccc1)c1cnn(C2CCCCC2)c1. The second kappa shape index (κ2) is 7.96. The van der Waals surface area contributed by atoms with Crippen LogP contribution in [0.4, 0.5) is 0 Å². The number of benzene rings is 1. The topological polar surface area (TPSA) is 84.2 Å². The molecule has 0 spiro atoms. The smallest absolute Gasteiger partial charge is 0.312 e. The standard InChI is InChI=1S/C19H23N3O3/c23-18(15-11-21-22(13-15)16-9-5-2-6-10-16)20-12-17(19(24)25)14-7-3-1-4-8-14/h1,3-4,7-8,11,13,16-17H,2,5-6,9-10,12H2,(H,20,23)(H,24,25). The Morgan fingerprint density at radius 2 is 1.92 bits per heavy atom. The molecule has 1 aliphatic carbocycles. The van der Waals surface area contributed by atoms with Gasteiger partial charge in [-0.15, -0.1) is 0 Å². The predicted molar refractivity (Wildman–Crippen MR) is 93.5 cm³/mol. The zero-order valence-electron chi connectivity index (χ0n) is 14.1. The van der Waals surface area contributed by atoms with Crippen LogP contribution in [0.1, 0.15) is 60.0 Å². The van der Waals surface area contributed by atoms with Gasteiger partial charge in [0.15, 0.2) is 0 Å². The summed E-state index contributed by atoms with van der Waals surface area (Å²) < 4.78 is 1.87. The Balaban J connectivity index is 1.61. The normalized spacial score (nSPS) is 16.3. The monoisotopic (exact) mass is 341 g/mol. The minimum atomic E-state index is -0.954. The molecule has 3 rings (SSSR count). The van der Waals surface area contributed by atoms with Gasteiger partial charge in [-0.05, 0) is 18.4 Å². The Morgan fingerprint density at radius 3 is 2.60 bits per heavy atom. The number of amides is 1. The van der Waals surface area contributed by atoms with Crippen LogP contribution >= 0.6 is 0 Å². The molecule has 0 saturated heterocycles. The second-order valence-corrected chi connectivity index (χ2v) is 6.51.